The molecule has 0 aromatic heterocycles. The maximum atomic E-state index is 12.5. The molecule has 3 N–H and O–H groups in total. The average molecular weight is 402 g/mol. The van der Waals surface area contributed by atoms with Crippen LogP contribution in [0, 0.1) is 23.2 Å². The van der Waals surface area contributed by atoms with E-state index in [1.54, 1.807) is 7.11 Å². The van der Waals surface area contributed by atoms with Crippen molar-refractivity contribution in [2.75, 3.05) is 7.11 Å². The Morgan fingerprint density at radius 1 is 1.24 bits per heavy atom. The van der Waals surface area contributed by atoms with Crippen molar-refractivity contribution < 1.29 is 19.4 Å². The lowest BCUT2D eigenvalue weighted by Crippen LogP contribution is -2.47. The van der Waals surface area contributed by atoms with Gasteiger partial charge in [0.25, 0.3) is 0 Å². The summed E-state index contributed by atoms with van der Waals surface area (Å²) in [5.74, 6) is 2.30. The van der Waals surface area contributed by atoms with Gasteiger partial charge < -0.3 is 20.3 Å². The van der Waals surface area contributed by atoms with E-state index in [1.807, 2.05) is 19.9 Å². The summed E-state index contributed by atoms with van der Waals surface area (Å²) in [4.78, 5) is 12.5. The topological polar surface area (TPSA) is 81.8 Å². The number of phenols is 1. The number of hydrogen-bond acceptors (Lipinski definition) is 5. The summed E-state index contributed by atoms with van der Waals surface area (Å²) < 4.78 is 11.4. The number of rotatable bonds is 4. The van der Waals surface area contributed by atoms with Crippen molar-refractivity contribution in [3.05, 3.63) is 23.3 Å². The molecule has 0 spiro atoms. The normalized spacial score (nSPS) is 34.1. The standard InChI is InChI=1S/C24H35NO4/c1-13(2)22(25)23(27)29-21-8-7-18-16-6-5-14-11-19(26)20(28-4)12-17(14)15(16)9-10-24(18,21)3/h11-13,15-16,18,21-22,26H,5-10,25H2,1-4H3/t15-,16+,18-,21-,22-,24-/m0/s1. The summed E-state index contributed by atoms with van der Waals surface area (Å²) in [5, 5.41) is 10.2. The number of esters is 1. The second kappa shape index (κ2) is 7.50. The summed E-state index contributed by atoms with van der Waals surface area (Å²) in [5.41, 5.74) is 8.68. The van der Waals surface area contributed by atoms with Gasteiger partial charge in [-0.3, -0.25) is 4.79 Å². The van der Waals surface area contributed by atoms with Gasteiger partial charge in [-0.1, -0.05) is 20.8 Å². The fourth-order valence-electron chi connectivity index (χ4n) is 6.39. The van der Waals surface area contributed by atoms with E-state index in [-0.39, 0.29) is 29.2 Å². The Bertz CT molecular complexity index is 791. The van der Waals surface area contributed by atoms with Crippen LogP contribution in [0.5, 0.6) is 11.5 Å². The number of carbonyl (C=O) groups is 1. The van der Waals surface area contributed by atoms with E-state index in [2.05, 4.69) is 13.0 Å². The summed E-state index contributed by atoms with van der Waals surface area (Å²) in [7, 11) is 1.61. The Kier molecular flexibility index (Phi) is 5.30. The minimum Gasteiger partial charge on any atom is -0.504 e. The third-order valence-corrected chi connectivity index (χ3v) is 8.19. The smallest absolute Gasteiger partial charge is 0.323 e. The van der Waals surface area contributed by atoms with Crippen molar-refractivity contribution in [2.45, 2.75) is 77.4 Å². The van der Waals surface area contributed by atoms with Gasteiger partial charge in [0, 0.05) is 5.41 Å². The molecule has 0 radical (unpaired) electrons. The van der Waals surface area contributed by atoms with E-state index in [9.17, 15) is 9.90 Å². The monoisotopic (exact) mass is 401 g/mol. The highest BCUT2D eigenvalue weighted by Gasteiger charge is 2.56. The van der Waals surface area contributed by atoms with Gasteiger partial charge in [0.15, 0.2) is 11.5 Å². The number of ether oxygens (including phenoxy) is 2. The van der Waals surface area contributed by atoms with Crippen LogP contribution in [0.25, 0.3) is 0 Å². The van der Waals surface area contributed by atoms with E-state index in [1.165, 1.54) is 11.1 Å². The van der Waals surface area contributed by atoms with Gasteiger partial charge in [0.1, 0.15) is 12.1 Å². The van der Waals surface area contributed by atoms with E-state index < -0.39 is 6.04 Å². The number of methoxy groups -OCH3 is 1. The van der Waals surface area contributed by atoms with Gasteiger partial charge >= 0.3 is 5.97 Å². The highest BCUT2D eigenvalue weighted by atomic mass is 16.5. The van der Waals surface area contributed by atoms with Crippen molar-refractivity contribution in [2.24, 2.45) is 28.9 Å². The van der Waals surface area contributed by atoms with Gasteiger partial charge in [-0.05, 0) is 85.5 Å². The second-order valence-electron chi connectivity index (χ2n) is 9.96. The van der Waals surface area contributed by atoms with Crippen LogP contribution in [-0.2, 0) is 16.0 Å². The number of fused-ring (bicyclic) bond motifs is 5. The molecular formula is C24H35NO4. The molecule has 2 saturated carbocycles. The van der Waals surface area contributed by atoms with Gasteiger partial charge in [-0.25, -0.2) is 0 Å². The van der Waals surface area contributed by atoms with Gasteiger partial charge in [-0.15, -0.1) is 0 Å². The molecule has 0 unspecified atom stereocenters. The van der Waals surface area contributed by atoms with Gasteiger partial charge in [0.05, 0.1) is 7.11 Å². The first-order chi connectivity index (χ1) is 13.8. The molecule has 1 aromatic rings. The van der Waals surface area contributed by atoms with Crippen molar-refractivity contribution in [1.29, 1.82) is 0 Å². The van der Waals surface area contributed by atoms with Crippen molar-refractivity contribution in [1.82, 2.24) is 0 Å². The number of carbonyl (C=O) groups excluding carboxylic acids is 1. The van der Waals surface area contributed by atoms with Crippen LogP contribution in [0.3, 0.4) is 0 Å². The summed E-state index contributed by atoms with van der Waals surface area (Å²) in [6.45, 7) is 6.25. The summed E-state index contributed by atoms with van der Waals surface area (Å²) >= 11 is 0. The Hall–Kier alpha value is -1.75. The zero-order chi connectivity index (χ0) is 20.9. The number of aryl methyl sites for hydroxylation is 1. The van der Waals surface area contributed by atoms with Crippen LogP contribution in [0.1, 0.15) is 69.9 Å². The zero-order valence-corrected chi connectivity index (χ0v) is 18.1. The van der Waals surface area contributed by atoms with Crippen molar-refractivity contribution in [3.63, 3.8) is 0 Å². The molecule has 5 nitrogen and oxygen atoms in total. The molecule has 6 atom stereocenters. The number of aromatic hydroxyl groups is 1. The highest BCUT2D eigenvalue weighted by Crippen LogP contribution is 2.62. The Balaban J connectivity index is 1.56. The van der Waals surface area contributed by atoms with Crippen molar-refractivity contribution in [3.8, 4) is 11.5 Å². The Labute approximate surface area is 174 Å². The minimum absolute atomic E-state index is 0.0264. The first-order valence-corrected chi connectivity index (χ1v) is 11.1. The van der Waals surface area contributed by atoms with E-state index in [0.717, 1.165) is 38.5 Å². The Morgan fingerprint density at radius 3 is 2.69 bits per heavy atom. The van der Waals surface area contributed by atoms with Gasteiger partial charge in [-0.2, -0.15) is 0 Å². The second-order valence-corrected chi connectivity index (χ2v) is 9.96. The predicted molar refractivity (Wildman–Crippen MR) is 112 cm³/mol. The van der Waals surface area contributed by atoms with Crippen LogP contribution < -0.4 is 10.5 Å². The minimum atomic E-state index is -0.546. The molecule has 0 heterocycles. The molecule has 5 heteroatoms. The van der Waals surface area contributed by atoms with Crippen LogP contribution in [0.15, 0.2) is 12.1 Å². The number of nitrogens with two attached hydrogens (primary N) is 1. The SMILES string of the molecule is COc1cc2c(cc1O)CC[C@@H]1[C@@H]2CC[C@]2(C)[C@@H](OC(=O)[C@@H](N)C(C)C)CC[C@@H]12. The molecular weight excluding hydrogens is 366 g/mol. The molecule has 0 bridgehead atoms. The summed E-state index contributed by atoms with van der Waals surface area (Å²) in [6, 6.07) is 3.40. The van der Waals surface area contributed by atoms with E-state index >= 15 is 0 Å². The first-order valence-electron chi connectivity index (χ1n) is 11.1. The third-order valence-electron chi connectivity index (χ3n) is 8.19. The predicted octanol–water partition coefficient (Wildman–Crippen LogP) is 4.15. The fourth-order valence-corrected chi connectivity index (χ4v) is 6.39. The number of hydrogen-bond donors (Lipinski definition) is 2. The third kappa shape index (κ3) is 3.31. The first kappa shape index (κ1) is 20.5. The largest absolute Gasteiger partial charge is 0.504 e. The van der Waals surface area contributed by atoms with Gasteiger partial charge in [0.2, 0.25) is 0 Å². The van der Waals surface area contributed by atoms with E-state index in [4.69, 9.17) is 15.2 Å². The molecule has 0 amide bonds. The number of benzene rings is 1. The maximum absolute atomic E-state index is 12.5. The summed E-state index contributed by atoms with van der Waals surface area (Å²) in [6.07, 6.45) is 6.28. The van der Waals surface area contributed by atoms with E-state index in [0.29, 0.717) is 23.5 Å². The number of phenolic OH excluding ortho intramolecular Hbond substituents is 1. The lowest BCUT2D eigenvalue weighted by Gasteiger charge is -2.50. The molecule has 0 aliphatic heterocycles. The highest BCUT2D eigenvalue weighted by molar-refractivity contribution is 5.76. The maximum Gasteiger partial charge on any atom is 0.323 e. The lowest BCUT2D eigenvalue weighted by atomic mass is 9.55. The fraction of sp³-hybridized carbons (Fsp3) is 0.708. The van der Waals surface area contributed by atoms with Crippen LogP contribution in [-0.4, -0.2) is 30.3 Å². The molecule has 2 fully saturated rings. The molecule has 29 heavy (non-hydrogen) atoms. The van der Waals surface area contributed by atoms with Crippen LogP contribution in [0.2, 0.25) is 0 Å². The zero-order valence-electron chi connectivity index (χ0n) is 18.1. The molecule has 1 aromatic carbocycles. The molecule has 160 valence electrons. The molecule has 3 aliphatic carbocycles. The van der Waals surface area contributed by atoms with Crippen molar-refractivity contribution >= 4 is 5.97 Å². The average Bonchev–Trinajstić information content (AvgIpc) is 3.02. The molecule has 4 rings (SSSR count). The Morgan fingerprint density at radius 2 is 2.00 bits per heavy atom. The molecule has 0 saturated heterocycles. The quantitative estimate of drug-likeness (QED) is 0.741. The molecule has 3 aliphatic rings. The lowest BCUT2D eigenvalue weighted by molar-refractivity contribution is -0.160. The van der Waals surface area contributed by atoms with Crippen LogP contribution in [0.4, 0.5) is 0 Å². The van der Waals surface area contributed by atoms with Crippen LogP contribution >= 0.6 is 0 Å².